The zero-order valence-electron chi connectivity index (χ0n) is 7.31. The molecule has 0 N–H and O–H groups in total. The van der Waals surface area contributed by atoms with E-state index in [2.05, 4.69) is 20.8 Å². The van der Waals surface area contributed by atoms with Crippen LogP contribution < -0.4 is 0 Å². The third-order valence-corrected chi connectivity index (χ3v) is 3.85. The van der Waals surface area contributed by atoms with Gasteiger partial charge in [0, 0.05) is 6.42 Å². The van der Waals surface area contributed by atoms with Gasteiger partial charge in [-0.05, 0) is 0 Å². The van der Waals surface area contributed by atoms with Gasteiger partial charge in [-0.25, -0.2) is 0 Å². The highest BCUT2D eigenvalue weighted by Crippen LogP contribution is 2.22. The van der Waals surface area contributed by atoms with Crippen molar-refractivity contribution in [3.8, 4) is 0 Å². The molecule has 0 atom stereocenters. The van der Waals surface area contributed by atoms with Crippen LogP contribution in [0.2, 0.25) is 9.56 Å². The summed E-state index contributed by atoms with van der Waals surface area (Å²) < 4.78 is 0.572. The summed E-state index contributed by atoms with van der Waals surface area (Å²) in [5, 5.41) is 1.32. The van der Waals surface area contributed by atoms with Crippen molar-refractivity contribution in [1.82, 2.24) is 0 Å². The van der Waals surface area contributed by atoms with Crippen molar-refractivity contribution in [2.75, 3.05) is 0 Å². The molecule has 1 nitrogen and oxygen atoms in total. The lowest BCUT2D eigenvalue weighted by Gasteiger charge is -2.14. The van der Waals surface area contributed by atoms with E-state index in [1.807, 2.05) is 0 Å². The second-order valence-corrected chi connectivity index (χ2v) is 7.30. The van der Waals surface area contributed by atoms with Crippen LogP contribution in [0, 0.1) is 0 Å². The molecular weight excluding hydrogens is 139 g/mol. The van der Waals surface area contributed by atoms with E-state index in [9.17, 15) is 4.79 Å². The lowest BCUT2D eigenvalue weighted by Crippen LogP contribution is -2.07. The largest absolute Gasteiger partial charge is 0.303 e. The predicted octanol–water partition coefficient (Wildman–Crippen LogP) is 2.04. The molecule has 0 aromatic carbocycles. The SMILES string of the molecule is C[C](C)(C)[AlH][CH2]CCC=O. The summed E-state index contributed by atoms with van der Waals surface area (Å²) in [5.74, 6) is 0. The Morgan fingerprint density at radius 3 is 2.40 bits per heavy atom. The molecule has 0 rings (SSSR count). The Morgan fingerprint density at radius 2 is 2.00 bits per heavy atom. The van der Waals surface area contributed by atoms with Gasteiger partial charge in [0.05, 0.1) is 0 Å². The molecule has 0 saturated heterocycles. The maximum atomic E-state index is 9.94. The Kier molecular flexibility index (Phi) is 5.03. The molecular formula is C8H17AlO. The second kappa shape index (κ2) is 4.93. The van der Waals surface area contributed by atoms with Crippen LogP contribution in [0.15, 0.2) is 0 Å². The highest BCUT2D eigenvalue weighted by molar-refractivity contribution is 6.39. The lowest BCUT2D eigenvalue weighted by molar-refractivity contribution is -0.107. The molecule has 0 unspecified atom stereocenters. The van der Waals surface area contributed by atoms with E-state index >= 15 is 0 Å². The minimum atomic E-state index is 0.0704. The number of aldehydes is 1. The first kappa shape index (κ1) is 10.2. The van der Waals surface area contributed by atoms with E-state index in [-0.39, 0.29) is 15.2 Å². The second-order valence-electron chi connectivity index (χ2n) is 3.97. The van der Waals surface area contributed by atoms with Crippen LogP contribution in [0.4, 0.5) is 0 Å². The van der Waals surface area contributed by atoms with Crippen LogP contribution in [-0.4, -0.2) is 21.5 Å². The van der Waals surface area contributed by atoms with Crippen LogP contribution in [0.3, 0.4) is 0 Å². The van der Waals surface area contributed by atoms with Gasteiger partial charge in [0.25, 0.3) is 0 Å². The highest BCUT2D eigenvalue weighted by atomic mass is 27.1. The Hall–Kier alpha value is 0.202. The topological polar surface area (TPSA) is 17.1 Å². The molecule has 0 saturated carbocycles. The summed E-state index contributed by atoms with van der Waals surface area (Å²) in [6.45, 7) is 6.88. The summed E-state index contributed by atoms with van der Waals surface area (Å²) in [6, 6.07) is 0. The van der Waals surface area contributed by atoms with Crippen LogP contribution in [0.1, 0.15) is 33.6 Å². The van der Waals surface area contributed by atoms with Gasteiger partial charge in [-0.3, -0.25) is 0 Å². The molecule has 0 aliphatic rings. The first-order chi connectivity index (χ1) is 4.56. The third-order valence-electron chi connectivity index (χ3n) is 1.50. The molecule has 58 valence electrons. The third kappa shape index (κ3) is 8.20. The maximum absolute atomic E-state index is 9.94. The maximum Gasteiger partial charge on any atom is 0.244 e. The number of unbranched alkanes of at least 4 members (excludes halogenated alkanes) is 1. The molecule has 0 radical (unpaired) electrons. The van der Waals surface area contributed by atoms with E-state index in [1.54, 1.807) is 0 Å². The minimum Gasteiger partial charge on any atom is -0.303 e. The number of hydrogen-bond donors (Lipinski definition) is 0. The van der Waals surface area contributed by atoms with Gasteiger partial charge in [0.2, 0.25) is 15.2 Å². The van der Waals surface area contributed by atoms with Gasteiger partial charge < -0.3 is 4.79 Å². The van der Waals surface area contributed by atoms with Crippen LogP contribution in [0.5, 0.6) is 0 Å². The molecule has 0 heterocycles. The van der Waals surface area contributed by atoms with Crippen molar-refractivity contribution >= 4 is 21.5 Å². The molecule has 0 fully saturated rings. The Labute approximate surface area is 69.9 Å². The first-order valence-corrected chi connectivity index (χ1v) is 5.70. The summed E-state index contributed by atoms with van der Waals surface area (Å²) in [5.41, 5.74) is 0. The van der Waals surface area contributed by atoms with E-state index in [1.165, 1.54) is 5.28 Å². The van der Waals surface area contributed by atoms with E-state index < -0.39 is 0 Å². The van der Waals surface area contributed by atoms with Crippen molar-refractivity contribution in [2.45, 2.75) is 43.2 Å². The fourth-order valence-corrected chi connectivity index (χ4v) is 2.48. The standard InChI is InChI=1S/C4H7O.C4H9.Al.H/c1-2-3-4-5;1-4(2)3;;/h4H,1-3H2;1-3H3;;. The average molecular weight is 156 g/mol. The van der Waals surface area contributed by atoms with Crippen molar-refractivity contribution in [3.05, 3.63) is 0 Å². The van der Waals surface area contributed by atoms with Crippen molar-refractivity contribution < 1.29 is 4.79 Å². The van der Waals surface area contributed by atoms with E-state index in [0.29, 0.717) is 4.28 Å². The summed E-state index contributed by atoms with van der Waals surface area (Å²) in [7, 11) is 0. The molecule has 0 amide bonds. The zero-order chi connectivity index (χ0) is 8.04. The molecule has 0 aromatic heterocycles. The van der Waals surface area contributed by atoms with Gasteiger partial charge in [0.15, 0.2) is 0 Å². The summed E-state index contributed by atoms with van der Waals surface area (Å²) >= 11 is 0.0704. The Morgan fingerprint density at radius 1 is 1.40 bits per heavy atom. The van der Waals surface area contributed by atoms with Gasteiger partial charge in [-0.2, -0.15) is 0 Å². The van der Waals surface area contributed by atoms with Crippen molar-refractivity contribution in [1.29, 1.82) is 0 Å². The zero-order valence-corrected chi connectivity index (χ0v) is 8.73. The molecule has 10 heavy (non-hydrogen) atoms. The van der Waals surface area contributed by atoms with Crippen molar-refractivity contribution in [2.24, 2.45) is 0 Å². The van der Waals surface area contributed by atoms with Crippen LogP contribution in [-0.2, 0) is 4.79 Å². The average Bonchev–Trinajstić information content (AvgIpc) is 1.78. The highest BCUT2D eigenvalue weighted by Gasteiger charge is 2.11. The van der Waals surface area contributed by atoms with Gasteiger partial charge in [-0.1, -0.05) is 36.8 Å². The van der Waals surface area contributed by atoms with E-state index in [4.69, 9.17) is 0 Å². The normalized spacial score (nSPS) is 11.1. The van der Waals surface area contributed by atoms with E-state index in [0.717, 1.165) is 19.1 Å². The summed E-state index contributed by atoms with van der Waals surface area (Å²) in [4.78, 5) is 9.94. The molecule has 0 aliphatic carbocycles. The lowest BCUT2D eigenvalue weighted by atomic mass is 10.2. The molecule has 2 heteroatoms. The molecule has 0 aromatic rings. The summed E-state index contributed by atoms with van der Waals surface area (Å²) in [6.07, 6.45) is 2.91. The minimum absolute atomic E-state index is 0.0704. The number of rotatable bonds is 4. The van der Waals surface area contributed by atoms with Crippen LogP contribution >= 0.6 is 0 Å². The molecule has 0 aliphatic heterocycles. The monoisotopic (exact) mass is 156 g/mol. The van der Waals surface area contributed by atoms with Gasteiger partial charge in [0.1, 0.15) is 6.29 Å². The number of hydrogen-bond acceptors (Lipinski definition) is 1. The fourth-order valence-electron chi connectivity index (χ4n) is 0.883. The fraction of sp³-hybridized carbons (Fsp3) is 0.875. The van der Waals surface area contributed by atoms with Gasteiger partial charge >= 0.3 is 0 Å². The smallest absolute Gasteiger partial charge is 0.244 e. The van der Waals surface area contributed by atoms with Crippen molar-refractivity contribution in [3.63, 3.8) is 0 Å². The number of carbonyl (C=O) groups is 1. The predicted molar refractivity (Wildman–Crippen MR) is 47.0 cm³/mol. The molecule has 0 bridgehead atoms. The Bertz CT molecular complexity index is 93.9. The molecule has 0 spiro atoms. The first-order valence-electron chi connectivity index (χ1n) is 4.00. The van der Waals surface area contributed by atoms with Gasteiger partial charge in [-0.15, -0.1) is 0 Å². The Balaban J connectivity index is 3.12. The van der Waals surface area contributed by atoms with Crippen LogP contribution in [0.25, 0.3) is 0 Å². The quantitative estimate of drug-likeness (QED) is 0.346. The number of carbonyl (C=O) groups excluding carboxylic acids is 1.